The topological polar surface area (TPSA) is 76.7 Å². The summed E-state index contributed by atoms with van der Waals surface area (Å²) in [6.45, 7) is 1.23. The molecule has 2 heterocycles. The minimum Gasteiger partial charge on any atom is -0.368 e. The summed E-state index contributed by atoms with van der Waals surface area (Å²) in [5.41, 5.74) is 1.08. The van der Waals surface area contributed by atoms with E-state index in [0.29, 0.717) is 29.6 Å². The van der Waals surface area contributed by atoms with Gasteiger partial charge in [-0.2, -0.15) is 0 Å². The van der Waals surface area contributed by atoms with Crippen LogP contribution in [0.1, 0.15) is 25.7 Å². The molecule has 6 nitrogen and oxygen atoms in total. The Bertz CT molecular complexity index is 596. The van der Waals surface area contributed by atoms with Crippen LogP contribution in [0.25, 0.3) is 0 Å². The number of hydrogen-bond acceptors (Lipinski definition) is 4. The second kappa shape index (κ2) is 7.29. The van der Waals surface area contributed by atoms with Crippen LogP contribution < -0.4 is 10.6 Å². The molecule has 0 spiro atoms. The lowest BCUT2D eigenvalue weighted by Crippen LogP contribution is -2.27. The Hall–Kier alpha value is -1.63. The van der Waals surface area contributed by atoms with Crippen LogP contribution in [0, 0.1) is 0 Å². The van der Waals surface area contributed by atoms with E-state index in [1.165, 1.54) is 0 Å². The zero-order chi connectivity index (χ0) is 16.2. The fraction of sp³-hybridized carbons (Fsp3) is 0.500. The van der Waals surface area contributed by atoms with Crippen molar-refractivity contribution in [2.24, 2.45) is 0 Å². The van der Waals surface area contributed by atoms with Crippen LogP contribution in [-0.4, -0.2) is 37.2 Å². The molecule has 0 unspecified atom stereocenters. The molecule has 2 N–H and O–H groups in total. The average Bonchev–Trinajstić information content (AvgIpc) is 3.23. The number of amides is 2. The van der Waals surface area contributed by atoms with Gasteiger partial charge in [0.1, 0.15) is 12.2 Å². The van der Waals surface area contributed by atoms with Gasteiger partial charge in [0.2, 0.25) is 0 Å². The van der Waals surface area contributed by atoms with Crippen LogP contribution >= 0.6 is 11.6 Å². The highest BCUT2D eigenvalue weighted by molar-refractivity contribution is 6.34. The second-order valence-corrected chi connectivity index (χ2v) is 6.08. The molecule has 124 valence electrons. The molecule has 0 radical (unpaired) electrons. The second-order valence-electron chi connectivity index (χ2n) is 5.68. The van der Waals surface area contributed by atoms with E-state index in [1.54, 1.807) is 18.2 Å². The highest BCUT2D eigenvalue weighted by atomic mass is 35.5. The van der Waals surface area contributed by atoms with Gasteiger partial charge in [0, 0.05) is 18.9 Å². The van der Waals surface area contributed by atoms with Crippen LogP contribution in [0.4, 0.5) is 11.4 Å². The number of nitrogens with one attached hydrogen (secondary N) is 2. The first-order chi connectivity index (χ1) is 11.1. The molecule has 2 fully saturated rings. The third-order valence-corrected chi connectivity index (χ3v) is 4.25. The normalized spacial score (nSPS) is 23.7. The number of hydrogen-bond donors (Lipinski definition) is 2. The summed E-state index contributed by atoms with van der Waals surface area (Å²) >= 11 is 6.19. The van der Waals surface area contributed by atoms with Gasteiger partial charge < -0.3 is 20.1 Å². The van der Waals surface area contributed by atoms with Gasteiger partial charge in [0.25, 0.3) is 11.8 Å². The number of anilines is 2. The Labute approximate surface area is 139 Å². The molecule has 1 aromatic rings. The van der Waals surface area contributed by atoms with Crippen molar-refractivity contribution in [3.05, 3.63) is 23.2 Å². The summed E-state index contributed by atoms with van der Waals surface area (Å²) in [5, 5.41) is 5.89. The third kappa shape index (κ3) is 4.02. The van der Waals surface area contributed by atoms with Crippen molar-refractivity contribution < 1.29 is 19.1 Å². The van der Waals surface area contributed by atoms with E-state index < -0.39 is 12.2 Å². The summed E-state index contributed by atoms with van der Waals surface area (Å²) in [6, 6.07) is 4.98. The van der Waals surface area contributed by atoms with E-state index in [0.717, 1.165) is 25.7 Å². The molecule has 23 heavy (non-hydrogen) atoms. The van der Waals surface area contributed by atoms with Crippen molar-refractivity contribution in [2.45, 2.75) is 37.9 Å². The van der Waals surface area contributed by atoms with Crippen molar-refractivity contribution >= 4 is 34.8 Å². The fourth-order valence-electron chi connectivity index (χ4n) is 2.70. The molecule has 2 aliphatic heterocycles. The molecule has 0 saturated carbocycles. The van der Waals surface area contributed by atoms with Gasteiger partial charge in [-0.15, -0.1) is 0 Å². The molecule has 2 amide bonds. The maximum absolute atomic E-state index is 12.0. The standard InChI is InChI=1S/C16H19ClN2O4/c17-11-9-10(18-15(20)13-3-1-7-22-13)5-6-12(11)19-16(21)14-4-2-8-23-14/h5-6,9,13-14H,1-4,7-8H2,(H,18,20)(H,19,21)/t13-,14-/m1/s1. The van der Waals surface area contributed by atoms with Crippen LogP contribution in [0.2, 0.25) is 5.02 Å². The van der Waals surface area contributed by atoms with Crippen molar-refractivity contribution in [3.63, 3.8) is 0 Å². The van der Waals surface area contributed by atoms with Gasteiger partial charge in [-0.05, 0) is 43.9 Å². The zero-order valence-corrected chi connectivity index (χ0v) is 13.4. The Morgan fingerprint density at radius 1 is 1.00 bits per heavy atom. The molecule has 7 heteroatoms. The number of benzene rings is 1. The van der Waals surface area contributed by atoms with Gasteiger partial charge in [0.15, 0.2) is 0 Å². The van der Waals surface area contributed by atoms with Gasteiger partial charge in [0.05, 0.1) is 10.7 Å². The first-order valence-electron chi connectivity index (χ1n) is 7.78. The van der Waals surface area contributed by atoms with Crippen molar-refractivity contribution in [3.8, 4) is 0 Å². The van der Waals surface area contributed by atoms with Crippen LogP contribution in [0.15, 0.2) is 18.2 Å². The van der Waals surface area contributed by atoms with Gasteiger partial charge in [-0.3, -0.25) is 9.59 Å². The maximum atomic E-state index is 12.0. The lowest BCUT2D eigenvalue weighted by molar-refractivity contribution is -0.125. The monoisotopic (exact) mass is 338 g/mol. The quantitative estimate of drug-likeness (QED) is 0.884. The average molecular weight is 339 g/mol. The molecule has 0 aromatic heterocycles. The SMILES string of the molecule is O=C(Nc1ccc(NC(=O)[C@H]2CCCO2)c(Cl)c1)[C@H]1CCCO1. The fourth-order valence-corrected chi connectivity index (χ4v) is 2.93. The molecule has 2 aliphatic rings. The third-order valence-electron chi connectivity index (χ3n) is 3.94. The molecular weight excluding hydrogens is 320 g/mol. The first-order valence-corrected chi connectivity index (χ1v) is 8.16. The van der Waals surface area contributed by atoms with E-state index in [9.17, 15) is 9.59 Å². The first kappa shape index (κ1) is 16.2. The number of carbonyl (C=O) groups excluding carboxylic acids is 2. The summed E-state index contributed by atoms with van der Waals surface area (Å²) in [4.78, 5) is 24.0. The van der Waals surface area contributed by atoms with E-state index >= 15 is 0 Å². The van der Waals surface area contributed by atoms with Gasteiger partial charge in [-0.25, -0.2) is 0 Å². The van der Waals surface area contributed by atoms with Crippen LogP contribution in [0.5, 0.6) is 0 Å². The predicted octanol–water partition coefficient (Wildman–Crippen LogP) is 2.58. The summed E-state index contributed by atoms with van der Waals surface area (Å²) in [7, 11) is 0. The summed E-state index contributed by atoms with van der Waals surface area (Å²) in [6.07, 6.45) is 2.43. The molecule has 2 saturated heterocycles. The number of rotatable bonds is 4. The molecular formula is C16H19ClN2O4. The van der Waals surface area contributed by atoms with Gasteiger partial charge in [-0.1, -0.05) is 11.6 Å². The van der Waals surface area contributed by atoms with Crippen LogP contribution in [-0.2, 0) is 19.1 Å². The predicted molar refractivity (Wildman–Crippen MR) is 86.7 cm³/mol. The Morgan fingerprint density at radius 3 is 2.13 bits per heavy atom. The lowest BCUT2D eigenvalue weighted by Gasteiger charge is -2.14. The Morgan fingerprint density at radius 2 is 1.61 bits per heavy atom. The van der Waals surface area contributed by atoms with Crippen LogP contribution in [0.3, 0.4) is 0 Å². The number of ether oxygens (including phenoxy) is 2. The van der Waals surface area contributed by atoms with Crippen molar-refractivity contribution in [1.29, 1.82) is 0 Å². The van der Waals surface area contributed by atoms with Gasteiger partial charge >= 0.3 is 0 Å². The molecule has 2 atom stereocenters. The molecule has 0 aliphatic carbocycles. The minimum absolute atomic E-state index is 0.172. The number of carbonyl (C=O) groups is 2. The number of halogens is 1. The smallest absolute Gasteiger partial charge is 0.253 e. The molecule has 0 bridgehead atoms. The summed E-state index contributed by atoms with van der Waals surface area (Å²) < 4.78 is 10.7. The largest absolute Gasteiger partial charge is 0.368 e. The Kier molecular flexibility index (Phi) is 5.15. The highest BCUT2D eigenvalue weighted by Crippen LogP contribution is 2.27. The molecule has 3 rings (SSSR count). The van der Waals surface area contributed by atoms with Crippen molar-refractivity contribution in [2.75, 3.05) is 23.8 Å². The minimum atomic E-state index is -0.412. The Balaban J connectivity index is 1.60. The molecule has 1 aromatic carbocycles. The maximum Gasteiger partial charge on any atom is 0.253 e. The van der Waals surface area contributed by atoms with Crippen molar-refractivity contribution in [1.82, 2.24) is 0 Å². The van der Waals surface area contributed by atoms with E-state index in [2.05, 4.69) is 10.6 Å². The van der Waals surface area contributed by atoms with E-state index in [1.807, 2.05) is 0 Å². The lowest BCUT2D eigenvalue weighted by atomic mass is 10.2. The summed E-state index contributed by atoms with van der Waals surface area (Å²) in [5.74, 6) is -0.366. The zero-order valence-electron chi connectivity index (χ0n) is 12.6. The van der Waals surface area contributed by atoms with E-state index in [-0.39, 0.29) is 11.8 Å². The highest BCUT2D eigenvalue weighted by Gasteiger charge is 2.25. The van der Waals surface area contributed by atoms with E-state index in [4.69, 9.17) is 21.1 Å².